The maximum Gasteiger partial charge on any atom is 0.239 e. The molecule has 0 saturated heterocycles. The maximum absolute atomic E-state index is 11.6. The minimum absolute atomic E-state index is 0.114. The number of carbonyl (C=O) groups excluding carboxylic acids is 1. The molecule has 0 spiro atoms. The highest BCUT2D eigenvalue weighted by molar-refractivity contribution is 5.85. The molecule has 0 radical (unpaired) electrons. The third kappa shape index (κ3) is 3.36. The van der Waals surface area contributed by atoms with Gasteiger partial charge in [0.1, 0.15) is 5.82 Å². The van der Waals surface area contributed by atoms with Crippen LogP contribution in [0.25, 0.3) is 0 Å². The van der Waals surface area contributed by atoms with E-state index in [0.717, 1.165) is 5.82 Å². The van der Waals surface area contributed by atoms with Gasteiger partial charge in [-0.15, -0.1) is 0 Å². The molecule has 0 aromatic carbocycles. The fourth-order valence-corrected chi connectivity index (χ4v) is 1.09. The summed E-state index contributed by atoms with van der Waals surface area (Å²) in [5.74, 6) is 0.752. The molecule has 5 heteroatoms. The van der Waals surface area contributed by atoms with Gasteiger partial charge in [0.2, 0.25) is 5.91 Å². The van der Waals surface area contributed by atoms with E-state index >= 15 is 0 Å². The van der Waals surface area contributed by atoms with Gasteiger partial charge in [-0.25, -0.2) is 4.98 Å². The van der Waals surface area contributed by atoms with Crippen LogP contribution in [0.2, 0.25) is 0 Å². The van der Waals surface area contributed by atoms with E-state index in [9.17, 15) is 4.79 Å². The molecule has 1 rings (SSSR count). The third-order valence-electron chi connectivity index (χ3n) is 2.46. The minimum Gasteiger partial charge on any atom is -0.354 e. The van der Waals surface area contributed by atoms with Crippen molar-refractivity contribution >= 4 is 5.91 Å². The third-order valence-corrected chi connectivity index (χ3v) is 2.46. The lowest BCUT2D eigenvalue weighted by Crippen LogP contribution is -2.51. The van der Waals surface area contributed by atoms with Crippen LogP contribution in [0.3, 0.4) is 0 Å². The van der Waals surface area contributed by atoms with E-state index in [0.29, 0.717) is 19.4 Å². The molecule has 84 valence electrons. The molecule has 0 aliphatic heterocycles. The van der Waals surface area contributed by atoms with E-state index in [1.807, 2.05) is 6.92 Å². The van der Waals surface area contributed by atoms with Crippen LogP contribution in [0.15, 0.2) is 12.4 Å². The van der Waals surface area contributed by atoms with Crippen molar-refractivity contribution in [1.82, 2.24) is 15.3 Å². The molecule has 0 saturated carbocycles. The number of nitrogens with one attached hydrogen (secondary N) is 2. The molecule has 15 heavy (non-hydrogen) atoms. The first-order chi connectivity index (χ1) is 7.06. The molecule has 0 aliphatic carbocycles. The van der Waals surface area contributed by atoms with Crippen LogP contribution in [0, 0.1) is 0 Å². The lowest BCUT2D eigenvalue weighted by molar-refractivity contribution is -0.125. The van der Waals surface area contributed by atoms with Crippen LogP contribution in [0.1, 0.15) is 26.1 Å². The second-order valence-electron chi connectivity index (χ2n) is 3.81. The SMILES string of the molecule is CCC(C)(N)C(=O)NCCc1ncc[nH]1. The molecule has 0 fully saturated rings. The summed E-state index contributed by atoms with van der Waals surface area (Å²) >= 11 is 0. The van der Waals surface area contributed by atoms with Crippen LogP contribution in [-0.4, -0.2) is 28.0 Å². The van der Waals surface area contributed by atoms with Gasteiger partial charge in [-0.05, 0) is 13.3 Å². The Balaban J connectivity index is 2.29. The Labute approximate surface area is 89.5 Å². The van der Waals surface area contributed by atoms with Gasteiger partial charge in [0.15, 0.2) is 0 Å². The molecule has 1 heterocycles. The molecule has 1 unspecified atom stereocenters. The lowest BCUT2D eigenvalue weighted by atomic mass is 10.00. The highest BCUT2D eigenvalue weighted by Gasteiger charge is 2.25. The zero-order chi connectivity index (χ0) is 11.3. The van der Waals surface area contributed by atoms with Crippen molar-refractivity contribution in [3.63, 3.8) is 0 Å². The van der Waals surface area contributed by atoms with Crippen molar-refractivity contribution in [3.8, 4) is 0 Å². The largest absolute Gasteiger partial charge is 0.354 e. The van der Waals surface area contributed by atoms with E-state index in [2.05, 4.69) is 15.3 Å². The second-order valence-corrected chi connectivity index (χ2v) is 3.81. The Morgan fingerprint density at radius 1 is 1.73 bits per heavy atom. The number of amides is 1. The van der Waals surface area contributed by atoms with Gasteiger partial charge < -0.3 is 16.0 Å². The molecule has 1 amide bonds. The number of H-pyrrole nitrogens is 1. The Hall–Kier alpha value is -1.36. The van der Waals surface area contributed by atoms with Crippen molar-refractivity contribution in [2.75, 3.05) is 6.54 Å². The summed E-state index contributed by atoms with van der Waals surface area (Å²) in [7, 11) is 0. The Morgan fingerprint density at radius 2 is 2.47 bits per heavy atom. The number of aromatic amines is 1. The molecule has 0 bridgehead atoms. The average molecular weight is 210 g/mol. The first kappa shape index (κ1) is 11.7. The summed E-state index contributed by atoms with van der Waals surface area (Å²) in [5, 5.41) is 2.79. The van der Waals surface area contributed by atoms with Crippen LogP contribution >= 0.6 is 0 Å². The number of nitrogens with two attached hydrogens (primary N) is 1. The zero-order valence-electron chi connectivity index (χ0n) is 9.21. The summed E-state index contributed by atoms with van der Waals surface area (Å²) in [6.45, 7) is 4.18. The summed E-state index contributed by atoms with van der Waals surface area (Å²) < 4.78 is 0. The van der Waals surface area contributed by atoms with Gasteiger partial charge in [0.25, 0.3) is 0 Å². The van der Waals surface area contributed by atoms with E-state index in [1.165, 1.54) is 0 Å². The first-order valence-corrected chi connectivity index (χ1v) is 5.11. The Morgan fingerprint density at radius 3 is 3.00 bits per heavy atom. The van der Waals surface area contributed by atoms with Gasteiger partial charge in [-0.3, -0.25) is 4.79 Å². The zero-order valence-corrected chi connectivity index (χ0v) is 9.21. The average Bonchev–Trinajstić information content (AvgIpc) is 2.70. The summed E-state index contributed by atoms with van der Waals surface area (Å²) in [6.07, 6.45) is 4.77. The van der Waals surface area contributed by atoms with E-state index in [1.54, 1.807) is 19.3 Å². The molecule has 5 nitrogen and oxygen atoms in total. The van der Waals surface area contributed by atoms with E-state index < -0.39 is 5.54 Å². The van der Waals surface area contributed by atoms with Crippen LogP contribution in [0.5, 0.6) is 0 Å². The van der Waals surface area contributed by atoms with Gasteiger partial charge >= 0.3 is 0 Å². The summed E-state index contributed by atoms with van der Waals surface area (Å²) in [6, 6.07) is 0. The van der Waals surface area contributed by atoms with Crippen molar-refractivity contribution < 1.29 is 4.79 Å². The van der Waals surface area contributed by atoms with E-state index in [4.69, 9.17) is 5.73 Å². The number of carbonyl (C=O) groups is 1. The van der Waals surface area contributed by atoms with Crippen LogP contribution in [-0.2, 0) is 11.2 Å². The summed E-state index contributed by atoms with van der Waals surface area (Å²) in [4.78, 5) is 18.6. The fourth-order valence-electron chi connectivity index (χ4n) is 1.09. The molecule has 1 atom stereocenters. The second kappa shape index (κ2) is 4.93. The highest BCUT2D eigenvalue weighted by Crippen LogP contribution is 2.03. The van der Waals surface area contributed by atoms with E-state index in [-0.39, 0.29) is 5.91 Å². The Kier molecular flexibility index (Phi) is 3.85. The van der Waals surface area contributed by atoms with Gasteiger partial charge in [0, 0.05) is 25.4 Å². The normalized spacial score (nSPS) is 14.6. The number of aromatic nitrogens is 2. The number of imidazole rings is 1. The fraction of sp³-hybridized carbons (Fsp3) is 0.600. The van der Waals surface area contributed by atoms with Crippen molar-refractivity contribution in [2.24, 2.45) is 5.73 Å². The molecule has 4 N–H and O–H groups in total. The van der Waals surface area contributed by atoms with Crippen LogP contribution < -0.4 is 11.1 Å². The standard InChI is InChI=1S/C10H18N4O/c1-3-10(2,11)9(15)14-5-4-8-12-6-7-13-8/h6-7H,3-5,11H2,1-2H3,(H,12,13)(H,14,15). The number of rotatable bonds is 5. The highest BCUT2D eigenvalue weighted by atomic mass is 16.2. The van der Waals surface area contributed by atoms with Crippen molar-refractivity contribution in [2.45, 2.75) is 32.2 Å². The monoisotopic (exact) mass is 210 g/mol. The molecular formula is C10H18N4O. The predicted molar refractivity (Wildman–Crippen MR) is 58.2 cm³/mol. The predicted octanol–water partition coefficient (Wildman–Crippen LogP) is 0.196. The van der Waals surface area contributed by atoms with Gasteiger partial charge in [0.05, 0.1) is 5.54 Å². The number of nitrogens with zero attached hydrogens (tertiary/aromatic N) is 1. The topological polar surface area (TPSA) is 83.8 Å². The molecule has 1 aromatic heterocycles. The van der Waals surface area contributed by atoms with Gasteiger partial charge in [-0.2, -0.15) is 0 Å². The minimum atomic E-state index is -0.775. The summed E-state index contributed by atoms with van der Waals surface area (Å²) in [5.41, 5.74) is 5.01. The van der Waals surface area contributed by atoms with Crippen molar-refractivity contribution in [3.05, 3.63) is 18.2 Å². The van der Waals surface area contributed by atoms with Crippen molar-refractivity contribution in [1.29, 1.82) is 0 Å². The smallest absolute Gasteiger partial charge is 0.239 e. The first-order valence-electron chi connectivity index (χ1n) is 5.11. The number of hydrogen-bond acceptors (Lipinski definition) is 3. The maximum atomic E-state index is 11.6. The van der Waals surface area contributed by atoms with Crippen LogP contribution in [0.4, 0.5) is 0 Å². The molecule has 0 aliphatic rings. The number of hydrogen-bond donors (Lipinski definition) is 3. The molecule has 1 aromatic rings. The quantitative estimate of drug-likeness (QED) is 0.649. The lowest BCUT2D eigenvalue weighted by Gasteiger charge is -2.21. The van der Waals surface area contributed by atoms with Gasteiger partial charge in [-0.1, -0.05) is 6.92 Å². The Bertz CT molecular complexity index is 305. The molecular weight excluding hydrogens is 192 g/mol.